The zero-order valence-corrected chi connectivity index (χ0v) is 7.15. The highest BCUT2D eigenvalue weighted by molar-refractivity contribution is 5.43. The van der Waals surface area contributed by atoms with Gasteiger partial charge in [0.2, 0.25) is 0 Å². The van der Waals surface area contributed by atoms with E-state index in [9.17, 15) is 0 Å². The topological polar surface area (TPSA) is 78.1 Å². The van der Waals surface area contributed by atoms with E-state index in [4.69, 9.17) is 14.7 Å². The first-order valence-corrected chi connectivity index (χ1v) is 3.89. The molecule has 0 unspecified atom stereocenters. The fourth-order valence-electron chi connectivity index (χ4n) is 1.000. The number of aryl methyl sites for hydroxylation is 1. The van der Waals surface area contributed by atoms with Crippen LogP contribution in [0.15, 0.2) is 21.1 Å². The first-order valence-electron chi connectivity index (χ1n) is 3.89. The van der Waals surface area contributed by atoms with Gasteiger partial charge >= 0.3 is 0 Å². The molecule has 0 aliphatic heterocycles. The molecule has 0 aliphatic carbocycles. The van der Waals surface area contributed by atoms with Crippen LogP contribution in [0.4, 0.5) is 0 Å². The highest BCUT2D eigenvalue weighted by atomic mass is 16.5. The van der Waals surface area contributed by atoms with Crippen LogP contribution in [0, 0.1) is 6.92 Å². The summed E-state index contributed by atoms with van der Waals surface area (Å²) < 4.78 is 10.2. The summed E-state index contributed by atoms with van der Waals surface area (Å²) in [5, 5.41) is 3.65. The molecule has 0 radical (unpaired) electrons. The molecule has 2 heterocycles. The number of furan rings is 1. The van der Waals surface area contributed by atoms with E-state index in [-0.39, 0.29) is 0 Å². The van der Waals surface area contributed by atoms with Crippen LogP contribution in [-0.4, -0.2) is 10.1 Å². The van der Waals surface area contributed by atoms with Gasteiger partial charge in [0.05, 0.1) is 6.54 Å². The van der Waals surface area contributed by atoms with Crippen LogP contribution in [0.2, 0.25) is 0 Å². The van der Waals surface area contributed by atoms with E-state index in [1.807, 2.05) is 0 Å². The number of hydrogen-bond acceptors (Lipinski definition) is 5. The molecule has 0 saturated heterocycles. The summed E-state index contributed by atoms with van der Waals surface area (Å²) in [4.78, 5) is 4.02. The van der Waals surface area contributed by atoms with Crippen molar-refractivity contribution in [1.82, 2.24) is 10.1 Å². The van der Waals surface area contributed by atoms with Gasteiger partial charge in [0.1, 0.15) is 5.76 Å². The minimum atomic E-state index is 0.368. The van der Waals surface area contributed by atoms with Crippen LogP contribution >= 0.6 is 0 Å². The standard InChI is InChI=1S/C8H9N3O2/c1-5-10-8(13-11-5)7-3-2-6(4-9)12-7/h2-3H,4,9H2,1H3. The van der Waals surface area contributed by atoms with E-state index in [2.05, 4.69) is 10.1 Å². The first kappa shape index (κ1) is 8.00. The summed E-state index contributed by atoms with van der Waals surface area (Å²) in [6.07, 6.45) is 0. The van der Waals surface area contributed by atoms with Crippen LogP contribution in [0.5, 0.6) is 0 Å². The van der Waals surface area contributed by atoms with Crippen molar-refractivity contribution in [2.75, 3.05) is 0 Å². The van der Waals surface area contributed by atoms with Gasteiger partial charge in [0, 0.05) is 0 Å². The Balaban J connectivity index is 2.35. The summed E-state index contributed by atoms with van der Waals surface area (Å²) in [7, 11) is 0. The van der Waals surface area contributed by atoms with Gasteiger partial charge in [-0.05, 0) is 19.1 Å². The van der Waals surface area contributed by atoms with Crippen molar-refractivity contribution >= 4 is 0 Å². The smallest absolute Gasteiger partial charge is 0.293 e. The Hall–Kier alpha value is -1.62. The molecule has 0 fully saturated rings. The lowest BCUT2D eigenvalue weighted by Gasteiger charge is -1.86. The third-order valence-corrected chi connectivity index (χ3v) is 1.60. The second kappa shape index (κ2) is 3.02. The first-order chi connectivity index (χ1) is 6.29. The van der Waals surface area contributed by atoms with Gasteiger partial charge in [0.25, 0.3) is 5.89 Å². The van der Waals surface area contributed by atoms with Gasteiger partial charge in [-0.2, -0.15) is 4.98 Å². The number of aromatic nitrogens is 2. The summed E-state index contributed by atoms with van der Waals surface area (Å²) in [6.45, 7) is 2.12. The third-order valence-electron chi connectivity index (χ3n) is 1.60. The van der Waals surface area contributed by atoms with Gasteiger partial charge in [-0.15, -0.1) is 0 Å². The monoisotopic (exact) mass is 179 g/mol. The van der Waals surface area contributed by atoms with Crippen molar-refractivity contribution in [3.8, 4) is 11.7 Å². The van der Waals surface area contributed by atoms with Crippen molar-refractivity contribution < 1.29 is 8.94 Å². The van der Waals surface area contributed by atoms with E-state index in [0.29, 0.717) is 29.8 Å². The largest absolute Gasteiger partial charge is 0.455 e. The molecule has 68 valence electrons. The zero-order chi connectivity index (χ0) is 9.26. The minimum Gasteiger partial charge on any atom is -0.455 e. The molecule has 2 N–H and O–H groups in total. The van der Waals surface area contributed by atoms with Crippen molar-refractivity contribution in [3.63, 3.8) is 0 Å². The van der Waals surface area contributed by atoms with E-state index in [0.717, 1.165) is 0 Å². The van der Waals surface area contributed by atoms with Crippen LogP contribution in [0.3, 0.4) is 0 Å². The number of nitrogens with zero attached hydrogens (tertiary/aromatic N) is 2. The van der Waals surface area contributed by atoms with Gasteiger partial charge in [-0.3, -0.25) is 0 Å². The maximum Gasteiger partial charge on any atom is 0.293 e. The number of hydrogen-bond donors (Lipinski definition) is 1. The van der Waals surface area contributed by atoms with Gasteiger partial charge in [-0.1, -0.05) is 5.16 Å². The Morgan fingerprint density at radius 1 is 1.46 bits per heavy atom. The Morgan fingerprint density at radius 3 is 2.85 bits per heavy atom. The van der Waals surface area contributed by atoms with Crippen molar-refractivity contribution in [2.45, 2.75) is 13.5 Å². The molecule has 0 spiro atoms. The minimum absolute atomic E-state index is 0.368. The Bertz CT molecular complexity index is 405. The molecule has 0 amide bonds. The summed E-state index contributed by atoms with van der Waals surface area (Å²) in [5.41, 5.74) is 5.39. The maximum absolute atomic E-state index is 5.39. The predicted octanol–water partition coefficient (Wildman–Crippen LogP) is 1.10. The molecule has 2 rings (SSSR count). The Labute approximate surface area is 74.5 Å². The van der Waals surface area contributed by atoms with Gasteiger partial charge < -0.3 is 14.7 Å². The molecule has 0 bridgehead atoms. The average molecular weight is 179 g/mol. The summed E-state index contributed by atoms with van der Waals surface area (Å²) in [6, 6.07) is 3.55. The lowest BCUT2D eigenvalue weighted by molar-refractivity contribution is 0.407. The number of nitrogens with two attached hydrogens (primary N) is 1. The average Bonchev–Trinajstić information content (AvgIpc) is 2.71. The van der Waals surface area contributed by atoms with Crippen LogP contribution < -0.4 is 5.73 Å². The third kappa shape index (κ3) is 1.46. The fourth-order valence-corrected chi connectivity index (χ4v) is 1.000. The zero-order valence-electron chi connectivity index (χ0n) is 7.15. The Kier molecular flexibility index (Phi) is 1.86. The molecule has 2 aromatic heterocycles. The maximum atomic E-state index is 5.39. The van der Waals surface area contributed by atoms with E-state index in [1.165, 1.54) is 0 Å². The molecule has 0 aliphatic rings. The highest BCUT2D eigenvalue weighted by Crippen LogP contribution is 2.19. The van der Waals surface area contributed by atoms with Crippen LogP contribution in [-0.2, 0) is 6.54 Å². The van der Waals surface area contributed by atoms with Gasteiger partial charge in [-0.25, -0.2) is 0 Å². The SMILES string of the molecule is Cc1noc(-c2ccc(CN)o2)n1. The molecule has 0 atom stereocenters. The predicted molar refractivity (Wildman–Crippen MR) is 44.6 cm³/mol. The van der Waals surface area contributed by atoms with Crippen molar-refractivity contribution in [2.24, 2.45) is 5.73 Å². The van der Waals surface area contributed by atoms with Crippen LogP contribution in [0.1, 0.15) is 11.6 Å². The molecular weight excluding hydrogens is 170 g/mol. The van der Waals surface area contributed by atoms with E-state index in [1.54, 1.807) is 19.1 Å². The summed E-state index contributed by atoms with van der Waals surface area (Å²) in [5.74, 6) is 2.23. The lowest BCUT2D eigenvalue weighted by atomic mass is 10.4. The van der Waals surface area contributed by atoms with Crippen LogP contribution in [0.25, 0.3) is 11.7 Å². The van der Waals surface area contributed by atoms with Gasteiger partial charge in [0.15, 0.2) is 11.6 Å². The molecular formula is C8H9N3O2. The quantitative estimate of drug-likeness (QED) is 0.746. The molecule has 5 nitrogen and oxygen atoms in total. The fraction of sp³-hybridized carbons (Fsp3) is 0.250. The number of rotatable bonds is 2. The van der Waals surface area contributed by atoms with E-state index < -0.39 is 0 Å². The normalized spacial score (nSPS) is 10.6. The van der Waals surface area contributed by atoms with Crippen molar-refractivity contribution in [1.29, 1.82) is 0 Å². The lowest BCUT2D eigenvalue weighted by Crippen LogP contribution is -1.92. The second-order valence-electron chi connectivity index (χ2n) is 2.62. The second-order valence-corrected chi connectivity index (χ2v) is 2.62. The highest BCUT2D eigenvalue weighted by Gasteiger charge is 2.10. The Morgan fingerprint density at radius 2 is 2.31 bits per heavy atom. The molecule has 2 aromatic rings. The van der Waals surface area contributed by atoms with Crippen molar-refractivity contribution in [3.05, 3.63) is 23.7 Å². The molecule has 0 saturated carbocycles. The molecule has 13 heavy (non-hydrogen) atoms. The molecule has 0 aromatic carbocycles. The van der Waals surface area contributed by atoms with E-state index >= 15 is 0 Å². The summed E-state index contributed by atoms with van der Waals surface area (Å²) >= 11 is 0. The molecule has 5 heteroatoms.